The summed E-state index contributed by atoms with van der Waals surface area (Å²) < 4.78 is 7.40. The van der Waals surface area contributed by atoms with E-state index in [-0.39, 0.29) is 5.91 Å². The maximum atomic E-state index is 12.9. The van der Waals surface area contributed by atoms with Gasteiger partial charge in [-0.1, -0.05) is 24.3 Å². The first-order chi connectivity index (χ1) is 13.6. The molecular weight excluding hydrogens is 352 g/mol. The van der Waals surface area contributed by atoms with E-state index in [2.05, 4.69) is 32.3 Å². The number of benzene rings is 2. The lowest BCUT2D eigenvalue weighted by atomic mass is 9.75. The quantitative estimate of drug-likeness (QED) is 0.661. The van der Waals surface area contributed by atoms with Crippen LogP contribution < -0.4 is 15.4 Å². The van der Waals surface area contributed by atoms with E-state index in [0.29, 0.717) is 32.5 Å². The number of fused-ring (bicyclic) bond motifs is 1. The summed E-state index contributed by atoms with van der Waals surface area (Å²) >= 11 is 0. The number of hydrogen-bond donors (Lipinski definition) is 2. The Hall–Kier alpha value is -2.86. The van der Waals surface area contributed by atoms with Crippen molar-refractivity contribution in [1.29, 1.82) is 0 Å². The van der Waals surface area contributed by atoms with Crippen molar-refractivity contribution in [3.8, 4) is 5.75 Å². The number of ether oxygens (including phenoxy) is 1. The summed E-state index contributed by atoms with van der Waals surface area (Å²) in [5, 5.41) is 6.39. The molecule has 0 saturated carbocycles. The maximum absolute atomic E-state index is 12.9. The normalized spacial score (nSPS) is 15.2. The van der Waals surface area contributed by atoms with Gasteiger partial charge in [-0.25, -0.2) is 4.98 Å². The van der Waals surface area contributed by atoms with Gasteiger partial charge in [0.1, 0.15) is 11.6 Å². The van der Waals surface area contributed by atoms with Crippen molar-refractivity contribution < 1.29 is 9.53 Å². The number of carbonyl (C=O) groups is 1. The zero-order chi connectivity index (χ0) is 19.6. The molecular formula is C22H26N4O2. The lowest BCUT2D eigenvalue weighted by Crippen LogP contribution is -2.62. The SMILES string of the molecule is COc1cccc(CC2(C(=O)NCCc3nc4ccccc4n3C)CNC2)c1. The van der Waals surface area contributed by atoms with Crippen LogP contribution in [0.4, 0.5) is 0 Å². The average molecular weight is 378 g/mol. The molecule has 0 spiro atoms. The Morgan fingerprint density at radius 2 is 2.07 bits per heavy atom. The lowest BCUT2D eigenvalue weighted by Gasteiger charge is -2.41. The average Bonchev–Trinajstić information content (AvgIpc) is 3.01. The van der Waals surface area contributed by atoms with Crippen molar-refractivity contribution in [2.75, 3.05) is 26.7 Å². The summed E-state index contributed by atoms with van der Waals surface area (Å²) in [4.78, 5) is 17.6. The summed E-state index contributed by atoms with van der Waals surface area (Å²) in [6.07, 6.45) is 1.41. The van der Waals surface area contributed by atoms with Crippen LogP contribution in [-0.4, -0.2) is 42.2 Å². The third-order valence-corrected chi connectivity index (χ3v) is 5.60. The molecule has 1 aliphatic rings. The molecule has 4 rings (SSSR count). The number of rotatable bonds is 7. The smallest absolute Gasteiger partial charge is 0.229 e. The van der Waals surface area contributed by atoms with Gasteiger partial charge in [0.05, 0.1) is 23.6 Å². The first-order valence-electron chi connectivity index (χ1n) is 9.64. The molecule has 1 saturated heterocycles. The van der Waals surface area contributed by atoms with Crippen molar-refractivity contribution in [3.63, 3.8) is 0 Å². The highest BCUT2D eigenvalue weighted by atomic mass is 16.5. The Labute approximate surface area is 164 Å². The summed E-state index contributed by atoms with van der Waals surface area (Å²) in [5.41, 5.74) is 2.83. The molecule has 0 atom stereocenters. The molecule has 1 aromatic heterocycles. The van der Waals surface area contributed by atoms with Crippen molar-refractivity contribution >= 4 is 16.9 Å². The highest BCUT2D eigenvalue weighted by molar-refractivity contribution is 5.84. The molecule has 6 nitrogen and oxygen atoms in total. The van der Waals surface area contributed by atoms with Crippen LogP contribution in [-0.2, 0) is 24.7 Å². The van der Waals surface area contributed by atoms with Crippen molar-refractivity contribution in [3.05, 3.63) is 59.9 Å². The minimum atomic E-state index is -0.390. The zero-order valence-electron chi connectivity index (χ0n) is 16.4. The Balaban J connectivity index is 1.39. The number of hydrogen-bond acceptors (Lipinski definition) is 4. The van der Waals surface area contributed by atoms with E-state index in [1.807, 2.05) is 43.4 Å². The minimum Gasteiger partial charge on any atom is -0.497 e. The Morgan fingerprint density at radius 1 is 1.25 bits per heavy atom. The monoisotopic (exact) mass is 378 g/mol. The molecule has 0 unspecified atom stereocenters. The highest BCUT2D eigenvalue weighted by Crippen LogP contribution is 2.29. The molecule has 2 N–H and O–H groups in total. The molecule has 6 heteroatoms. The third-order valence-electron chi connectivity index (χ3n) is 5.60. The van der Waals surface area contributed by atoms with Gasteiger partial charge in [-0.15, -0.1) is 0 Å². The van der Waals surface area contributed by atoms with Gasteiger partial charge < -0.3 is 19.9 Å². The first kappa shape index (κ1) is 18.5. The van der Waals surface area contributed by atoms with E-state index in [1.54, 1.807) is 7.11 Å². The maximum Gasteiger partial charge on any atom is 0.229 e. The predicted octanol–water partition coefficient (Wildman–Crippen LogP) is 2.07. The van der Waals surface area contributed by atoms with Crippen LogP contribution in [0.25, 0.3) is 11.0 Å². The fourth-order valence-corrected chi connectivity index (χ4v) is 3.86. The number of aromatic nitrogens is 2. The van der Waals surface area contributed by atoms with Gasteiger partial charge in [-0.3, -0.25) is 4.79 Å². The number of imidazole rings is 1. The second-order valence-corrected chi connectivity index (χ2v) is 7.49. The van der Waals surface area contributed by atoms with Crippen LogP contribution in [0.5, 0.6) is 5.75 Å². The topological polar surface area (TPSA) is 68.2 Å². The molecule has 0 aliphatic carbocycles. The number of nitrogens with zero attached hydrogens (tertiary/aromatic N) is 2. The summed E-state index contributed by atoms with van der Waals surface area (Å²) in [5.74, 6) is 1.91. The molecule has 2 heterocycles. The van der Waals surface area contributed by atoms with E-state index in [1.165, 1.54) is 0 Å². The van der Waals surface area contributed by atoms with Crippen LogP contribution in [0, 0.1) is 5.41 Å². The number of amides is 1. The lowest BCUT2D eigenvalue weighted by molar-refractivity contribution is -0.133. The van der Waals surface area contributed by atoms with Gasteiger partial charge >= 0.3 is 0 Å². The van der Waals surface area contributed by atoms with Gasteiger partial charge in [0.25, 0.3) is 0 Å². The predicted molar refractivity (Wildman–Crippen MR) is 109 cm³/mol. The summed E-state index contributed by atoms with van der Waals surface area (Å²) in [6, 6.07) is 16.0. The molecule has 28 heavy (non-hydrogen) atoms. The van der Waals surface area contributed by atoms with Crippen LogP contribution in [0.15, 0.2) is 48.5 Å². The molecule has 2 aromatic carbocycles. The van der Waals surface area contributed by atoms with Gasteiger partial charge in [-0.05, 0) is 36.2 Å². The largest absolute Gasteiger partial charge is 0.497 e. The molecule has 3 aromatic rings. The first-order valence-corrected chi connectivity index (χ1v) is 9.64. The fourth-order valence-electron chi connectivity index (χ4n) is 3.86. The van der Waals surface area contributed by atoms with Crippen LogP contribution >= 0.6 is 0 Å². The minimum absolute atomic E-state index is 0.104. The van der Waals surface area contributed by atoms with Gasteiger partial charge in [0.15, 0.2) is 0 Å². The van der Waals surface area contributed by atoms with Crippen LogP contribution in [0.2, 0.25) is 0 Å². The van der Waals surface area contributed by atoms with Gasteiger partial charge in [0, 0.05) is 33.1 Å². The number of carbonyl (C=O) groups excluding carboxylic acids is 1. The number of para-hydroxylation sites is 2. The van der Waals surface area contributed by atoms with E-state index in [4.69, 9.17) is 4.74 Å². The Kier molecular flexibility index (Phi) is 5.05. The van der Waals surface area contributed by atoms with E-state index >= 15 is 0 Å². The molecule has 146 valence electrons. The van der Waals surface area contributed by atoms with E-state index in [0.717, 1.165) is 28.2 Å². The van der Waals surface area contributed by atoms with E-state index < -0.39 is 5.41 Å². The number of aryl methyl sites for hydroxylation is 1. The van der Waals surface area contributed by atoms with Crippen molar-refractivity contribution in [2.45, 2.75) is 12.8 Å². The van der Waals surface area contributed by atoms with Crippen LogP contribution in [0.1, 0.15) is 11.4 Å². The van der Waals surface area contributed by atoms with Crippen molar-refractivity contribution in [1.82, 2.24) is 20.2 Å². The summed E-state index contributed by atoms with van der Waals surface area (Å²) in [6.45, 7) is 1.97. The second-order valence-electron chi connectivity index (χ2n) is 7.49. The van der Waals surface area contributed by atoms with Crippen molar-refractivity contribution in [2.24, 2.45) is 12.5 Å². The molecule has 0 bridgehead atoms. The molecule has 0 radical (unpaired) electrons. The summed E-state index contributed by atoms with van der Waals surface area (Å²) in [7, 11) is 3.68. The Morgan fingerprint density at radius 3 is 2.79 bits per heavy atom. The number of nitrogens with one attached hydrogen (secondary N) is 2. The standard InChI is InChI=1S/C22H26N4O2/c1-26-19-9-4-3-8-18(19)25-20(26)10-11-24-21(27)22(14-23-15-22)13-16-6-5-7-17(12-16)28-2/h3-9,12,23H,10-11,13-15H2,1-2H3,(H,24,27). The highest BCUT2D eigenvalue weighted by Gasteiger charge is 2.44. The molecule has 1 amide bonds. The third kappa shape index (κ3) is 3.47. The van der Waals surface area contributed by atoms with Gasteiger partial charge in [0.2, 0.25) is 5.91 Å². The Bertz CT molecular complexity index is 991. The second kappa shape index (κ2) is 7.64. The fraction of sp³-hybridized carbons (Fsp3) is 0.364. The zero-order valence-corrected chi connectivity index (χ0v) is 16.4. The molecule has 1 aliphatic heterocycles. The molecule has 1 fully saturated rings. The number of methoxy groups -OCH3 is 1. The van der Waals surface area contributed by atoms with Crippen LogP contribution in [0.3, 0.4) is 0 Å². The van der Waals surface area contributed by atoms with E-state index in [9.17, 15) is 4.79 Å². The van der Waals surface area contributed by atoms with Gasteiger partial charge in [-0.2, -0.15) is 0 Å².